The quantitative estimate of drug-likeness (QED) is 0.675. The van der Waals surface area contributed by atoms with E-state index in [-0.39, 0.29) is 18.6 Å². The average molecular weight is 329 g/mol. The van der Waals surface area contributed by atoms with E-state index in [1.54, 1.807) is 12.1 Å². The number of aliphatic carboxylic acids is 1. The number of carbonyl (C=O) groups excluding carboxylic acids is 2. The summed E-state index contributed by atoms with van der Waals surface area (Å²) in [5.74, 6) is -2.04. The fourth-order valence-electron chi connectivity index (χ4n) is 1.81. The molecule has 0 spiro atoms. The van der Waals surface area contributed by atoms with Crippen LogP contribution in [-0.4, -0.2) is 42.3 Å². The third-order valence-electron chi connectivity index (χ3n) is 3.04. The molecule has 0 aliphatic carbocycles. The van der Waals surface area contributed by atoms with Crippen LogP contribution in [0.2, 0.25) is 0 Å². The van der Waals surface area contributed by atoms with Crippen molar-refractivity contribution in [2.45, 2.75) is 31.7 Å². The third kappa shape index (κ3) is 6.41. The summed E-state index contributed by atoms with van der Waals surface area (Å²) < 4.78 is 29.4. The standard InChI is InChI=1S/C15H17F2NO5/c1-23-10-4-2-9(3-5-10)12(19)6-7-14(20)18-11(15(21)22)8-13(16)17/h2-5,11,13H,6-8H2,1H3,(H,18,20)(H,21,22). The molecule has 1 aromatic rings. The minimum atomic E-state index is -2.85. The van der Waals surface area contributed by atoms with E-state index in [9.17, 15) is 23.2 Å². The van der Waals surface area contributed by atoms with E-state index in [0.29, 0.717) is 11.3 Å². The molecule has 1 rings (SSSR count). The topological polar surface area (TPSA) is 92.7 Å². The monoisotopic (exact) mass is 329 g/mol. The van der Waals surface area contributed by atoms with Gasteiger partial charge in [0.2, 0.25) is 12.3 Å². The number of halogens is 2. The fourth-order valence-corrected chi connectivity index (χ4v) is 1.81. The average Bonchev–Trinajstić information content (AvgIpc) is 2.51. The van der Waals surface area contributed by atoms with Crippen LogP contribution in [0.3, 0.4) is 0 Å². The highest BCUT2D eigenvalue weighted by Gasteiger charge is 2.24. The molecule has 1 aromatic carbocycles. The zero-order chi connectivity index (χ0) is 17.4. The van der Waals surface area contributed by atoms with Gasteiger partial charge in [0.15, 0.2) is 5.78 Å². The molecule has 1 unspecified atom stereocenters. The third-order valence-corrected chi connectivity index (χ3v) is 3.04. The number of Topliss-reactive ketones (excluding diaryl/α,β-unsaturated/α-hetero) is 1. The first kappa shape index (κ1) is 18.5. The second kappa shape index (κ2) is 8.82. The van der Waals surface area contributed by atoms with Gasteiger partial charge in [-0.3, -0.25) is 9.59 Å². The molecule has 0 radical (unpaired) electrons. The first-order valence-corrected chi connectivity index (χ1v) is 6.81. The highest BCUT2D eigenvalue weighted by Crippen LogP contribution is 2.13. The van der Waals surface area contributed by atoms with Gasteiger partial charge in [0.1, 0.15) is 11.8 Å². The first-order chi connectivity index (χ1) is 10.8. The highest BCUT2D eigenvalue weighted by molar-refractivity contribution is 5.98. The minimum absolute atomic E-state index is 0.154. The van der Waals surface area contributed by atoms with Gasteiger partial charge in [0.25, 0.3) is 0 Å². The Morgan fingerprint density at radius 3 is 2.26 bits per heavy atom. The lowest BCUT2D eigenvalue weighted by Crippen LogP contribution is -2.42. The molecule has 0 saturated heterocycles. The number of ketones is 1. The number of benzene rings is 1. The maximum Gasteiger partial charge on any atom is 0.326 e. The van der Waals surface area contributed by atoms with Crippen LogP contribution in [0.5, 0.6) is 5.75 Å². The molecule has 0 aliphatic heterocycles. The van der Waals surface area contributed by atoms with Crippen LogP contribution < -0.4 is 10.1 Å². The number of carboxylic acid groups (broad SMARTS) is 1. The lowest BCUT2D eigenvalue weighted by Gasteiger charge is -2.13. The number of alkyl halides is 2. The van der Waals surface area contributed by atoms with Crippen molar-refractivity contribution in [1.82, 2.24) is 5.32 Å². The van der Waals surface area contributed by atoms with Crippen LogP contribution in [0.4, 0.5) is 8.78 Å². The molecule has 6 nitrogen and oxygen atoms in total. The van der Waals surface area contributed by atoms with Gasteiger partial charge in [-0.1, -0.05) is 0 Å². The molecule has 0 heterocycles. The maximum atomic E-state index is 12.2. The second-order valence-electron chi connectivity index (χ2n) is 4.74. The predicted molar refractivity (Wildman–Crippen MR) is 76.7 cm³/mol. The van der Waals surface area contributed by atoms with Crippen LogP contribution >= 0.6 is 0 Å². The van der Waals surface area contributed by atoms with Crippen LogP contribution in [0, 0.1) is 0 Å². The Hall–Kier alpha value is -2.51. The normalized spacial score (nSPS) is 11.8. The van der Waals surface area contributed by atoms with Gasteiger partial charge >= 0.3 is 5.97 Å². The van der Waals surface area contributed by atoms with E-state index in [0.717, 1.165) is 0 Å². The molecule has 126 valence electrons. The van der Waals surface area contributed by atoms with E-state index in [1.165, 1.54) is 19.2 Å². The summed E-state index contributed by atoms with van der Waals surface area (Å²) in [6.07, 6.45) is -4.26. The number of hydrogen-bond donors (Lipinski definition) is 2. The molecule has 0 bridgehead atoms. The minimum Gasteiger partial charge on any atom is -0.497 e. The Morgan fingerprint density at radius 1 is 1.17 bits per heavy atom. The highest BCUT2D eigenvalue weighted by atomic mass is 19.3. The smallest absolute Gasteiger partial charge is 0.326 e. The Morgan fingerprint density at radius 2 is 1.78 bits per heavy atom. The van der Waals surface area contributed by atoms with Crippen molar-refractivity contribution in [3.05, 3.63) is 29.8 Å². The van der Waals surface area contributed by atoms with Crippen LogP contribution in [0.15, 0.2) is 24.3 Å². The van der Waals surface area contributed by atoms with Crippen molar-refractivity contribution >= 4 is 17.7 Å². The van der Waals surface area contributed by atoms with E-state index in [4.69, 9.17) is 9.84 Å². The zero-order valence-electron chi connectivity index (χ0n) is 12.4. The second-order valence-corrected chi connectivity index (χ2v) is 4.74. The summed E-state index contributed by atoms with van der Waals surface area (Å²) in [7, 11) is 1.49. The number of methoxy groups -OCH3 is 1. The van der Waals surface area contributed by atoms with Gasteiger partial charge in [0.05, 0.1) is 7.11 Å². The van der Waals surface area contributed by atoms with Gasteiger partial charge in [-0.05, 0) is 24.3 Å². The van der Waals surface area contributed by atoms with Gasteiger partial charge in [-0.15, -0.1) is 0 Å². The molecule has 0 saturated carbocycles. The van der Waals surface area contributed by atoms with Crippen molar-refractivity contribution in [2.24, 2.45) is 0 Å². The summed E-state index contributed by atoms with van der Waals surface area (Å²) in [5.41, 5.74) is 0.376. The summed E-state index contributed by atoms with van der Waals surface area (Å²) >= 11 is 0. The molecule has 0 fully saturated rings. The maximum absolute atomic E-state index is 12.2. The van der Waals surface area contributed by atoms with Gasteiger partial charge in [0, 0.05) is 24.8 Å². The van der Waals surface area contributed by atoms with E-state index in [2.05, 4.69) is 0 Å². The van der Waals surface area contributed by atoms with Gasteiger partial charge in [-0.25, -0.2) is 13.6 Å². The molecule has 0 aliphatic rings. The number of rotatable bonds is 9. The van der Waals surface area contributed by atoms with E-state index < -0.39 is 30.8 Å². The van der Waals surface area contributed by atoms with Crippen molar-refractivity contribution in [3.8, 4) is 5.75 Å². The first-order valence-electron chi connectivity index (χ1n) is 6.81. The zero-order valence-corrected chi connectivity index (χ0v) is 12.4. The Balaban J connectivity index is 2.50. The Bertz CT molecular complexity index is 559. The number of nitrogens with one attached hydrogen (secondary N) is 1. The lowest BCUT2D eigenvalue weighted by molar-refractivity contribution is -0.143. The Kier molecular flexibility index (Phi) is 7.11. The van der Waals surface area contributed by atoms with Gasteiger partial charge < -0.3 is 15.2 Å². The number of carbonyl (C=O) groups is 3. The van der Waals surface area contributed by atoms with E-state index in [1.807, 2.05) is 5.32 Å². The molecule has 1 atom stereocenters. The van der Waals surface area contributed by atoms with Crippen molar-refractivity contribution in [2.75, 3.05) is 7.11 Å². The Labute approximate surface area is 131 Å². The molecule has 0 aromatic heterocycles. The molecule has 1 amide bonds. The van der Waals surface area contributed by atoms with E-state index >= 15 is 0 Å². The summed E-state index contributed by atoms with van der Waals surface area (Å²) in [6.45, 7) is 0. The molecular formula is C15H17F2NO5. The molecule has 8 heteroatoms. The van der Waals surface area contributed by atoms with Crippen molar-refractivity contribution in [1.29, 1.82) is 0 Å². The van der Waals surface area contributed by atoms with Crippen molar-refractivity contribution < 1.29 is 33.0 Å². The summed E-state index contributed by atoms with van der Waals surface area (Å²) in [6, 6.07) is 4.59. The lowest BCUT2D eigenvalue weighted by atomic mass is 10.1. The SMILES string of the molecule is COc1ccc(C(=O)CCC(=O)NC(CC(F)F)C(=O)O)cc1. The molecule has 23 heavy (non-hydrogen) atoms. The fraction of sp³-hybridized carbons (Fsp3) is 0.400. The van der Waals surface area contributed by atoms with Crippen LogP contribution in [-0.2, 0) is 9.59 Å². The molecule has 2 N–H and O–H groups in total. The number of hydrogen-bond acceptors (Lipinski definition) is 4. The largest absolute Gasteiger partial charge is 0.497 e. The molecular weight excluding hydrogens is 312 g/mol. The van der Waals surface area contributed by atoms with Crippen molar-refractivity contribution in [3.63, 3.8) is 0 Å². The summed E-state index contributed by atoms with van der Waals surface area (Å²) in [4.78, 5) is 34.2. The number of ether oxygens (including phenoxy) is 1. The number of amides is 1. The number of carboxylic acids is 1. The van der Waals surface area contributed by atoms with Crippen LogP contribution in [0.25, 0.3) is 0 Å². The van der Waals surface area contributed by atoms with Crippen LogP contribution in [0.1, 0.15) is 29.6 Å². The predicted octanol–water partition coefficient (Wildman–Crippen LogP) is 1.88. The summed E-state index contributed by atoms with van der Waals surface area (Å²) in [5, 5.41) is 10.7. The van der Waals surface area contributed by atoms with Gasteiger partial charge in [-0.2, -0.15) is 0 Å².